The second-order valence-electron chi connectivity index (χ2n) is 8.00. The van der Waals surface area contributed by atoms with Crippen molar-refractivity contribution in [3.8, 4) is 5.75 Å². The third kappa shape index (κ3) is 3.79. The monoisotopic (exact) mass is 459 g/mol. The van der Waals surface area contributed by atoms with Crippen molar-refractivity contribution >= 4 is 34.2 Å². The van der Waals surface area contributed by atoms with Crippen molar-refractivity contribution in [1.82, 2.24) is 0 Å². The lowest BCUT2D eigenvalue weighted by Crippen LogP contribution is -2.29. The summed E-state index contributed by atoms with van der Waals surface area (Å²) in [7, 11) is 0. The second-order valence-corrected chi connectivity index (χ2v) is 8.44. The molecule has 0 bridgehead atoms. The Morgan fingerprint density at radius 3 is 2.61 bits per heavy atom. The molecule has 1 aromatic heterocycles. The first-order chi connectivity index (χ1) is 16.1. The molecule has 5 rings (SSSR count). The number of rotatable bonds is 6. The molecule has 2 heterocycles. The van der Waals surface area contributed by atoms with Crippen LogP contribution in [-0.2, 0) is 0 Å². The number of para-hydroxylation sites is 1. The smallest absolute Gasteiger partial charge is 0.295 e. The van der Waals surface area contributed by atoms with Gasteiger partial charge in [0.1, 0.15) is 11.3 Å². The van der Waals surface area contributed by atoms with Crippen LogP contribution in [0.15, 0.2) is 82.0 Å². The molecule has 0 radical (unpaired) electrons. The van der Waals surface area contributed by atoms with Crippen molar-refractivity contribution < 1.29 is 13.9 Å². The highest BCUT2D eigenvalue weighted by molar-refractivity contribution is 6.31. The Morgan fingerprint density at radius 1 is 1.00 bits per heavy atom. The first-order valence-corrected chi connectivity index (χ1v) is 11.3. The minimum absolute atomic E-state index is 0.0565. The topological polar surface area (TPSA) is 59.8 Å². The van der Waals surface area contributed by atoms with Crippen LogP contribution in [0.4, 0.5) is 5.69 Å². The summed E-state index contributed by atoms with van der Waals surface area (Å²) in [6, 6.07) is 21.0. The Morgan fingerprint density at radius 2 is 1.82 bits per heavy atom. The van der Waals surface area contributed by atoms with Crippen LogP contribution in [0.2, 0.25) is 5.02 Å². The van der Waals surface area contributed by atoms with Crippen molar-refractivity contribution in [2.75, 3.05) is 11.5 Å². The minimum atomic E-state index is -0.649. The standard InChI is InChI=1S/C27H22ClNO4/c1-2-3-14-32-20-11-7-8-17(15-20)24-23-25(30)21-16-18(28)12-13-22(21)33-26(23)27(31)29(24)19-9-5-4-6-10-19/h4-13,15-16,24H,2-3,14H2,1H3. The molecule has 0 spiro atoms. The van der Waals surface area contributed by atoms with Crippen molar-refractivity contribution in [1.29, 1.82) is 0 Å². The fourth-order valence-corrected chi connectivity index (χ4v) is 4.40. The number of hydrogen-bond acceptors (Lipinski definition) is 4. The van der Waals surface area contributed by atoms with E-state index in [4.69, 9.17) is 20.8 Å². The van der Waals surface area contributed by atoms with Gasteiger partial charge >= 0.3 is 0 Å². The van der Waals surface area contributed by atoms with Crippen molar-refractivity contribution in [3.05, 3.63) is 105 Å². The van der Waals surface area contributed by atoms with E-state index in [1.54, 1.807) is 23.1 Å². The molecule has 6 heteroatoms. The SMILES string of the molecule is CCCCOc1cccc(C2c3c(oc4ccc(Cl)cc4c3=O)C(=O)N2c2ccccc2)c1. The molecule has 5 nitrogen and oxygen atoms in total. The highest BCUT2D eigenvalue weighted by atomic mass is 35.5. The summed E-state index contributed by atoms with van der Waals surface area (Å²) in [6.45, 7) is 2.71. The fraction of sp³-hybridized carbons (Fsp3) is 0.185. The molecule has 1 atom stereocenters. The molecule has 1 aliphatic rings. The van der Waals surface area contributed by atoms with Gasteiger partial charge in [0.15, 0.2) is 5.43 Å². The Balaban J connectivity index is 1.71. The van der Waals surface area contributed by atoms with E-state index in [9.17, 15) is 9.59 Å². The average molecular weight is 460 g/mol. The number of amides is 1. The van der Waals surface area contributed by atoms with Crippen LogP contribution in [0.3, 0.4) is 0 Å². The normalized spacial score (nSPS) is 15.2. The Bertz CT molecular complexity index is 1400. The Kier molecular flexibility index (Phi) is 5.65. The van der Waals surface area contributed by atoms with Gasteiger partial charge in [0.2, 0.25) is 5.76 Å². The van der Waals surface area contributed by atoms with Crippen LogP contribution < -0.4 is 15.1 Å². The van der Waals surface area contributed by atoms with Gasteiger partial charge in [0.25, 0.3) is 5.91 Å². The van der Waals surface area contributed by atoms with E-state index in [1.165, 1.54) is 0 Å². The maximum Gasteiger partial charge on any atom is 0.295 e. The molecule has 3 aromatic carbocycles. The molecule has 1 aliphatic heterocycles. The molecule has 0 saturated heterocycles. The molecule has 1 unspecified atom stereocenters. The van der Waals surface area contributed by atoms with Gasteiger partial charge in [-0.3, -0.25) is 14.5 Å². The van der Waals surface area contributed by atoms with Crippen LogP contribution in [0.1, 0.15) is 47.5 Å². The maximum atomic E-state index is 13.6. The lowest BCUT2D eigenvalue weighted by atomic mass is 9.98. The molecule has 0 N–H and O–H groups in total. The largest absolute Gasteiger partial charge is 0.494 e. The average Bonchev–Trinajstić information content (AvgIpc) is 3.13. The van der Waals surface area contributed by atoms with E-state index < -0.39 is 6.04 Å². The van der Waals surface area contributed by atoms with Crippen LogP contribution in [0, 0.1) is 0 Å². The number of unbranched alkanes of at least 4 members (excludes halogenated alkanes) is 1. The number of hydrogen-bond donors (Lipinski definition) is 0. The molecule has 1 amide bonds. The molecule has 0 aliphatic carbocycles. The quantitative estimate of drug-likeness (QED) is 0.314. The summed E-state index contributed by atoms with van der Waals surface area (Å²) in [5, 5.41) is 0.783. The van der Waals surface area contributed by atoms with E-state index in [0.29, 0.717) is 39.6 Å². The number of halogens is 1. The lowest BCUT2D eigenvalue weighted by molar-refractivity contribution is 0.0971. The van der Waals surface area contributed by atoms with Gasteiger partial charge in [-0.1, -0.05) is 55.3 Å². The lowest BCUT2D eigenvalue weighted by Gasteiger charge is -2.25. The van der Waals surface area contributed by atoms with Gasteiger partial charge < -0.3 is 9.15 Å². The maximum absolute atomic E-state index is 13.6. The molecular weight excluding hydrogens is 438 g/mol. The van der Waals surface area contributed by atoms with E-state index in [0.717, 1.165) is 18.4 Å². The number of carbonyl (C=O) groups excluding carboxylic acids is 1. The van der Waals surface area contributed by atoms with Crippen LogP contribution in [-0.4, -0.2) is 12.5 Å². The zero-order valence-corrected chi connectivity index (χ0v) is 18.8. The third-order valence-electron chi connectivity index (χ3n) is 5.81. The van der Waals surface area contributed by atoms with Gasteiger partial charge in [-0.05, 0) is 54.4 Å². The number of ether oxygens (including phenoxy) is 1. The number of anilines is 1. The summed E-state index contributed by atoms with van der Waals surface area (Å²) in [5.41, 5.74) is 1.83. The highest BCUT2D eigenvalue weighted by Gasteiger charge is 2.43. The number of carbonyl (C=O) groups is 1. The van der Waals surface area contributed by atoms with E-state index in [1.807, 2.05) is 54.6 Å². The van der Waals surface area contributed by atoms with Crippen molar-refractivity contribution in [2.24, 2.45) is 0 Å². The summed E-state index contributed by atoms with van der Waals surface area (Å²) in [6.07, 6.45) is 1.98. The Labute approximate surface area is 196 Å². The van der Waals surface area contributed by atoms with E-state index in [2.05, 4.69) is 6.92 Å². The first kappa shape index (κ1) is 21.3. The second kappa shape index (κ2) is 8.75. The zero-order chi connectivity index (χ0) is 22.9. The van der Waals surface area contributed by atoms with Gasteiger partial charge in [0.05, 0.1) is 23.6 Å². The van der Waals surface area contributed by atoms with E-state index in [-0.39, 0.29) is 17.1 Å². The van der Waals surface area contributed by atoms with E-state index >= 15 is 0 Å². The number of fused-ring (bicyclic) bond motifs is 2. The molecular formula is C27H22ClNO4. The molecule has 0 saturated carbocycles. The van der Waals surface area contributed by atoms with Crippen LogP contribution >= 0.6 is 11.6 Å². The zero-order valence-electron chi connectivity index (χ0n) is 18.1. The number of benzene rings is 3. The van der Waals surface area contributed by atoms with Gasteiger partial charge in [-0.25, -0.2) is 0 Å². The summed E-state index contributed by atoms with van der Waals surface area (Å²) < 4.78 is 11.9. The van der Waals surface area contributed by atoms with Crippen LogP contribution in [0.5, 0.6) is 5.75 Å². The summed E-state index contributed by atoms with van der Waals surface area (Å²) >= 11 is 6.15. The van der Waals surface area contributed by atoms with Gasteiger partial charge in [-0.15, -0.1) is 0 Å². The molecule has 4 aromatic rings. The predicted molar refractivity (Wildman–Crippen MR) is 129 cm³/mol. The molecule has 33 heavy (non-hydrogen) atoms. The number of nitrogens with zero attached hydrogens (tertiary/aromatic N) is 1. The van der Waals surface area contributed by atoms with Gasteiger partial charge in [0, 0.05) is 10.7 Å². The van der Waals surface area contributed by atoms with Crippen molar-refractivity contribution in [3.63, 3.8) is 0 Å². The summed E-state index contributed by atoms with van der Waals surface area (Å²) in [4.78, 5) is 28.8. The highest BCUT2D eigenvalue weighted by Crippen LogP contribution is 2.42. The van der Waals surface area contributed by atoms with Crippen LogP contribution in [0.25, 0.3) is 11.0 Å². The minimum Gasteiger partial charge on any atom is -0.494 e. The molecule has 0 fully saturated rings. The molecule has 166 valence electrons. The first-order valence-electron chi connectivity index (χ1n) is 11.0. The fourth-order valence-electron chi connectivity index (χ4n) is 4.22. The Hall–Kier alpha value is -3.57. The van der Waals surface area contributed by atoms with Crippen molar-refractivity contribution in [2.45, 2.75) is 25.8 Å². The van der Waals surface area contributed by atoms with Gasteiger partial charge in [-0.2, -0.15) is 0 Å². The summed E-state index contributed by atoms with van der Waals surface area (Å²) in [5.74, 6) is 0.400. The predicted octanol–water partition coefficient (Wildman–Crippen LogP) is 6.38. The third-order valence-corrected chi connectivity index (χ3v) is 6.04.